The summed E-state index contributed by atoms with van der Waals surface area (Å²) < 4.78 is 12.6. The van der Waals surface area contributed by atoms with Gasteiger partial charge in [0.15, 0.2) is 11.0 Å². The second-order valence-corrected chi connectivity index (χ2v) is 9.00. The summed E-state index contributed by atoms with van der Waals surface area (Å²) in [7, 11) is 0. The number of likely N-dealkylation sites (tertiary alicyclic amines) is 1. The molecule has 1 saturated heterocycles. The highest BCUT2D eigenvalue weighted by Crippen LogP contribution is 2.27. The number of nitrogens with zero attached hydrogens (tertiary/aromatic N) is 4. The third kappa shape index (κ3) is 5.59. The van der Waals surface area contributed by atoms with Gasteiger partial charge >= 0.3 is 5.97 Å². The lowest BCUT2D eigenvalue weighted by Gasteiger charge is -2.33. The lowest BCUT2D eigenvalue weighted by atomic mass is 10.0. The number of rotatable bonds is 8. The Hall–Kier alpha value is -2.78. The molecular formula is C23H25ClN4O4S. The highest BCUT2D eigenvalue weighted by molar-refractivity contribution is 7.99. The van der Waals surface area contributed by atoms with Crippen molar-refractivity contribution in [3.8, 4) is 11.4 Å². The van der Waals surface area contributed by atoms with E-state index in [4.69, 9.17) is 20.8 Å². The summed E-state index contributed by atoms with van der Waals surface area (Å²) >= 11 is 7.33. The Morgan fingerprint density at radius 1 is 1.21 bits per heavy atom. The average molecular weight is 489 g/mol. The Bertz CT molecular complexity index is 1080. The number of ether oxygens (including phenoxy) is 1. The largest absolute Gasteiger partial charge is 0.467 e. The molecule has 0 N–H and O–H groups in total. The number of amides is 1. The van der Waals surface area contributed by atoms with Crippen molar-refractivity contribution in [2.24, 2.45) is 0 Å². The van der Waals surface area contributed by atoms with Gasteiger partial charge in [0.2, 0.25) is 5.91 Å². The molecule has 4 rings (SSSR count). The summed E-state index contributed by atoms with van der Waals surface area (Å²) in [5.41, 5.74) is 0.857. The Morgan fingerprint density at radius 3 is 2.76 bits per heavy atom. The van der Waals surface area contributed by atoms with Crippen molar-refractivity contribution < 1.29 is 18.7 Å². The lowest BCUT2D eigenvalue weighted by Crippen LogP contribution is -2.49. The number of furan rings is 1. The van der Waals surface area contributed by atoms with Crippen molar-refractivity contribution in [2.75, 3.05) is 18.9 Å². The molecule has 0 unspecified atom stereocenters. The second kappa shape index (κ2) is 10.9. The fourth-order valence-electron chi connectivity index (χ4n) is 3.83. The topological polar surface area (TPSA) is 90.5 Å². The number of halogens is 1. The van der Waals surface area contributed by atoms with Gasteiger partial charge in [0.05, 0.1) is 25.2 Å². The van der Waals surface area contributed by atoms with Crippen LogP contribution in [0.1, 0.15) is 31.9 Å². The molecule has 0 aliphatic carbocycles. The number of hydrogen-bond donors (Lipinski definition) is 0. The first-order chi connectivity index (χ1) is 16.1. The molecule has 174 valence electrons. The van der Waals surface area contributed by atoms with Gasteiger partial charge in [0, 0.05) is 17.1 Å². The van der Waals surface area contributed by atoms with Gasteiger partial charge in [-0.2, -0.15) is 0 Å². The zero-order chi connectivity index (χ0) is 23.2. The third-order valence-corrected chi connectivity index (χ3v) is 6.62. The van der Waals surface area contributed by atoms with Gasteiger partial charge in [-0.15, -0.1) is 10.2 Å². The van der Waals surface area contributed by atoms with E-state index in [0.29, 0.717) is 42.1 Å². The number of benzene rings is 1. The molecule has 1 aliphatic rings. The molecule has 0 saturated carbocycles. The number of esters is 1. The highest BCUT2D eigenvalue weighted by atomic mass is 35.5. The molecule has 0 bridgehead atoms. The van der Waals surface area contributed by atoms with Crippen LogP contribution in [0.2, 0.25) is 5.02 Å². The molecule has 8 nitrogen and oxygen atoms in total. The molecule has 3 heterocycles. The molecule has 10 heteroatoms. The summed E-state index contributed by atoms with van der Waals surface area (Å²) in [5, 5.41) is 9.92. The maximum Gasteiger partial charge on any atom is 0.328 e. The van der Waals surface area contributed by atoms with E-state index in [0.717, 1.165) is 24.2 Å². The van der Waals surface area contributed by atoms with Crippen molar-refractivity contribution in [3.63, 3.8) is 0 Å². The molecule has 1 aliphatic heterocycles. The van der Waals surface area contributed by atoms with Crippen LogP contribution in [0, 0.1) is 0 Å². The van der Waals surface area contributed by atoms with E-state index >= 15 is 0 Å². The zero-order valence-corrected chi connectivity index (χ0v) is 19.8. The first-order valence-corrected chi connectivity index (χ1v) is 12.2. The van der Waals surface area contributed by atoms with E-state index in [1.165, 1.54) is 11.8 Å². The van der Waals surface area contributed by atoms with Gasteiger partial charge in [0.25, 0.3) is 0 Å². The molecule has 1 atom stereocenters. The summed E-state index contributed by atoms with van der Waals surface area (Å²) in [5.74, 6) is 1.10. The van der Waals surface area contributed by atoms with E-state index in [2.05, 4.69) is 10.2 Å². The Balaban J connectivity index is 1.53. The summed E-state index contributed by atoms with van der Waals surface area (Å²) in [4.78, 5) is 27.0. The Morgan fingerprint density at radius 2 is 2.03 bits per heavy atom. The van der Waals surface area contributed by atoms with Crippen LogP contribution < -0.4 is 0 Å². The van der Waals surface area contributed by atoms with Crippen molar-refractivity contribution in [2.45, 2.75) is 43.9 Å². The predicted octanol–water partition coefficient (Wildman–Crippen LogP) is 4.28. The van der Waals surface area contributed by atoms with Crippen molar-refractivity contribution in [1.29, 1.82) is 0 Å². The molecule has 0 spiro atoms. The monoisotopic (exact) mass is 488 g/mol. The minimum absolute atomic E-state index is 0.113. The zero-order valence-electron chi connectivity index (χ0n) is 18.3. The number of thioether (sulfide) groups is 1. The van der Waals surface area contributed by atoms with Crippen LogP contribution in [0.3, 0.4) is 0 Å². The minimum Gasteiger partial charge on any atom is -0.467 e. The molecule has 33 heavy (non-hydrogen) atoms. The van der Waals surface area contributed by atoms with Crippen LogP contribution in [0.5, 0.6) is 0 Å². The van der Waals surface area contributed by atoms with E-state index in [1.807, 2.05) is 28.8 Å². The van der Waals surface area contributed by atoms with Gasteiger partial charge in [-0.1, -0.05) is 23.4 Å². The quantitative estimate of drug-likeness (QED) is 0.345. The molecule has 1 amide bonds. The molecule has 0 radical (unpaired) electrons. The predicted molar refractivity (Wildman–Crippen MR) is 125 cm³/mol. The number of carbonyl (C=O) groups is 2. The summed E-state index contributed by atoms with van der Waals surface area (Å²) in [6.45, 7) is 3.05. The maximum absolute atomic E-state index is 13.0. The van der Waals surface area contributed by atoms with Crippen molar-refractivity contribution in [1.82, 2.24) is 19.7 Å². The maximum atomic E-state index is 13.0. The number of aromatic nitrogens is 3. The first kappa shape index (κ1) is 23.4. The summed E-state index contributed by atoms with van der Waals surface area (Å²) in [6, 6.07) is 10.5. The van der Waals surface area contributed by atoms with Gasteiger partial charge in [0.1, 0.15) is 11.8 Å². The third-order valence-electron chi connectivity index (χ3n) is 5.42. The van der Waals surface area contributed by atoms with Gasteiger partial charge < -0.3 is 14.1 Å². The van der Waals surface area contributed by atoms with E-state index in [1.54, 1.807) is 30.2 Å². The molecule has 2 aromatic heterocycles. The summed E-state index contributed by atoms with van der Waals surface area (Å²) in [6.07, 6.45) is 4.03. The smallest absolute Gasteiger partial charge is 0.328 e. The van der Waals surface area contributed by atoms with E-state index in [9.17, 15) is 9.59 Å². The molecule has 1 aromatic carbocycles. The van der Waals surface area contributed by atoms with Crippen LogP contribution in [0.25, 0.3) is 11.4 Å². The number of carbonyl (C=O) groups excluding carboxylic acids is 2. The fourth-order valence-corrected chi connectivity index (χ4v) is 4.78. The molecule has 1 fully saturated rings. The second-order valence-electron chi connectivity index (χ2n) is 7.62. The van der Waals surface area contributed by atoms with Crippen LogP contribution in [0.15, 0.2) is 52.2 Å². The minimum atomic E-state index is -0.516. The van der Waals surface area contributed by atoms with Crippen LogP contribution in [0.4, 0.5) is 0 Å². The van der Waals surface area contributed by atoms with Crippen molar-refractivity contribution in [3.05, 3.63) is 53.4 Å². The van der Waals surface area contributed by atoms with Gasteiger partial charge in [-0.05, 0) is 62.6 Å². The average Bonchev–Trinajstić information content (AvgIpc) is 3.49. The van der Waals surface area contributed by atoms with Crippen LogP contribution >= 0.6 is 23.4 Å². The normalized spacial score (nSPS) is 16.1. The number of piperidine rings is 1. The van der Waals surface area contributed by atoms with Crippen LogP contribution in [-0.4, -0.2) is 56.5 Å². The molecular weight excluding hydrogens is 464 g/mol. The first-order valence-electron chi connectivity index (χ1n) is 10.9. The Labute approximate surface area is 201 Å². The Kier molecular flexibility index (Phi) is 7.72. The molecule has 3 aromatic rings. The van der Waals surface area contributed by atoms with Gasteiger partial charge in [-0.25, -0.2) is 4.79 Å². The van der Waals surface area contributed by atoms with E-state index < -0.39 is 6.04 Å². The SMILES string of the molecule is CCOC(=O)[C@@H]1CCCCN1C(=O)CSc1nnc(-c2ccc(Cl)cc2)n1Cc1ccco1. The lowest BCUT2D eigenvalue weighted by molar-refractivity contribution is -0.155. The highest BCUT2D eigenvalue weighted by Gasteiger charge is 2.33. The fraction of sp³-hybridized carbons (Fsp3) is 0.391. The van der Waals surface area contributed by atoms with Crippen molar-refractivity contribution >= 4 is 35.2 Å². The van der Waals surface area contributed by atoms with Gasteiger partial charge in [-0.3, -0.25) is 9.36 Å². The standard InChI is InChI=1S/C23H25ClN4O4S/c1-2-31-22(30)19-7-3-4-12-27(19)20(29)15-33-23-26-25-21(16-8-10-17(24)11-9-16)28(23)14-18-6-5-13-32-18/h5-6,8-11,13,19H,2-4,7,12,14-15H2,1H3/t19-/m0/s1. The van der Waals surface area contributed by atoms with Crippen LogP contribution in [-0.2, 0) is 20.9 Å². The number of hydrogen-bond acceptors (Lipinski definition) is 7. The van der Waals surface area contributed by atoms with E-state index in [-0.39, 0.29) is 17.6 Å².